The molecule has 2 aromatic heterocycles. The van der Waals surface area contributed by atoms with Gasteiger partial charge in [0.1, 0.15) is 11.6 Å². The molecule has 8 nitrogen and oxygen atoms in total. The van der Waals surface area contributed by atoms with Crippen molar-refractivity contribution in [2.45, 2.75) is 19.8 Å². The van der Waals surface area contributed by atoms with Gasteiger partial charge in [0.25, 0.3) is 0 Å². The van der Waals surface area contributed by atoms with E-state index in [0.29, 0.717) is 17.1 Å². The molecule has 0 fully saturated rings. The monoisotopic (exact) mass is 348 g/mol. The van der Waals surface area contributed by atoms with Crippen LogP contribution in [0.5, 0.6) is 0 Å². The molecule has 3 rings (SSSR count). The molecule has 3 aromatic rings. The molecule has 0 bridgehead atoms. The first-order chi connectivity index (χ1) is 12.5. The lowest BCUT2D eigenvalue weighted by Crippen LogP contribution is -2.07. The Balaban J connectivity index is 2.03. The fourth-order valence-electron chi connectivity index (χ4n) is 2.52. The van der Waals surface area contributed by atoms with Crippen molar-refractivity contribution in [3.8, 4) is 11.9 Å². The molecular formula is C18H16N6O2. The molecule has 0 amide bonds. The highest BCUT2D eigenvalue weighted by Gasteiger charge is 2.18. The lowest BCUT2D eigenvalue weighted by molar-refractivity contribution is -0.384. The van der Waals surface area contributed by atoms with E-state index in [4.69, 9.17) is 5.26 Å². The van der Waals surface area contributed by atoms with Crippen LogP contribution in [0.3, 0.4) is 0 Å². The van der Waals surface area contributed by atoms with Crippen LogP contribution in [-0.4, -0.2) is 19.5 Å². The summed E-state index contributed by atoms with van der Waals surface area (Å²) in [6, 6.07) is 11.6. The maximum absolute atomic E-state index is 11.3. The summed E-state index contributed by atoms with van der Waals surface area (Å²) in [5, 5.41) is 23.2. The van der Waals surface area contributed by atoms with Gasteiger partial charge in [-0.3, -0.25) is 14.7 Å². The summed E-state index contributed by atoms with van der Waals surface area (Å²) in [6.07, 6.45) is 3.45. The van der Waals surface area contributed by atoms with Gasteiger partial charge in [-0.2, -0.15) is 5.26 Å². The minimum atomic E-state index is -0.486. The van der Waals surface area contributed by atoms with Crippen LogP contribution in [0.1, 0.15) is 31.2 Å². The Hall–Kier alpha value is -3.73. The smallest absolute Gasteiger partial charge is 0.311 e. The highest BCUT2D eigenvalue weighted by atomic mass is 16.6. The lowest BCUT2D eigenvalue weighted by atomic mass is 10.2. The van der Waals surface area contributed by atoms with Crippen LogP contribution in [0.25, 0.3) is 5.82 Å². The number of hydrogen-bond donors (Lipinski definition) is 1. The second-order valence-electron chi connectivity index (χ2n) is 5.92. The van der Waals surface area contributed by atoms with Crippen LogP contribution in [0.2, 0.25) is 0 Å². The first-order valence-corrected chi connectivity index (χ1v) is 7.96. The van der Waals surface area contributed by atoms with Crippen LogP contribution in [0, 0.1) is 21.4 Å². The van der Waals surface area contributed by atoms with Gasteiger partial charge in [-0.05, 0) is 30.3 Å². The van der Waals surface area contributed by atoms with Crippen LogP contribution >= 0.6 is 0 Å². The minimum absolute atomic E-state index is 0.126. The number of rotatable bonds is 5. The number of nitriles is 1. The van der Waals surface area contributed by atoms with Crippen LogP contribution in [-0.2, 0) is 0 Å². The summed E-state index contributed by atoms with van der Waals surface area (Å²) >= 11 is 0. The van der Waals surface area contributed by atoms with E-state index in [2.05, 4.69) is 15.3 Å². The first-order valence-electron chi connectivity index (χ1n) is 7.96. The Morgan fingerprint density at radius 1 is 1.23 bits per heavy atom. The molecule has 0 aliphatic rings. The number of imidazole rings is 1. The molecule has 0 aliphatic heterocycles. The minimum Gasteiger partial charge on any atom is -0.334 e. The van der Waals surface area contributed by atoms with E-state index >= 15 is 0 Å². The number of nitrogens with zero attached hydrogens (tertiary/aromatic N) is 5. The quantitative estimate of drug-likeness (QED) is 0.553. The van der Waals surface area contributed by atoms with Gasteiger partial charge in [0, 0.05) is 30.1 Å². The molecule has 0 unspecified atom stereocenters. The highest BCUT2D eigenvalue weighted by molar-refractivity contribution is 5.67. The van der Waals surface area contributed by atoms with E-state index in [9.17, 15) is 10.1 Å². The van der Waals surface area contributed by atoms with Crippen LogP contribution < -0.4 is 5.32 Å². The van der Waals surface area contributed by atoms with E-state index in [-0.39, 0.29) is 17.4 Å². The molecule has 26 heavy (non-hydrogen) atoms. The Morgan fingerprint density at radius 3 is 2.58 bits per heavy atom. The van der Waals surface area contributed by atoms with E-state index in [0.717, 1.165) is 5.82 Å². The summed E-state index contributed by atoms with van der Waals surface area (Å²) in [5.41, 5.74) is 0.975. The van der Waals surface area contributed by atoms with Crippen molar-refractivity contribution >= 4 is 17.2 Å². The van der Waals surface area contributed by atoms with Gasteiger partial charge in [0.15, 0.2) is 0 Å². The summed E-state index contributed by atoms with van der Waals surface area (Å²) in [4.78, 5) is 19.6. The third-order valence-electron chi connectivity index (χ3n) is 3.77. The number of nitrogens with one attached hydrogen (secondary N) is 1. The predicted molar refractivity (Wildman–Crippen MR) is 96.5 cm³/mol. The van der Waals surface area contributed by atoms with Gasteiger partial charge in [0.2, 0.25) is 5.82 Å². The molecule has 0 atom stereocenters. The molecule has 0 radical (unpaired) electrons. The van der Waals surface area contributed by atoms with E-state index in [1.165, 1.54) is 6.07 Å². The van der Waals surface area contributed by atoms with Crippen molar-refractivity contribution in [3.63, 3.8) is 0 Å². The molecule has 0 spiro atoms. The fourth-order valence-corrected chi connectivity index (χ4v) is 2.52. The maximum atomic E-state index is 11.3. The number of nitro groups is 1. The molecule has 0 saturated heterocycles. The van der Waals surface area contributed by atoms with Gasteiger partial charge >= 0.3 is 5.69 Å². The Morgan fingerprint density at radius 2 is 1.96 bits per heavy atom. The average molecular weight is 348 g/mol. The third kappa shape index (κ3) is 3.37. The Labute approximate surface area is 149 Å². The zero-order chi connectivity index (χ0) is 18.7. The Kier molecular flexibility index (Phi) is 4.62. The number of pyridine rings is 1. The zero-order valence-electron chi connectivity index (χ0n) is 14.2. The number of hydrogen-bond acceptors (Lipinski definition) is 6. The number of anilines is 2. The second-order valence-corrected chi connectivity index (χ2v) is 5.92. The number of aromatic nitrogens is 3. The van der Waals surface area contributed by atoms with Gasteiger partial charge in [0.05, 0.1) is 16.6 Å². The van der Waals surface area contributed by atoms with Gasteiger partial charge in [-0.25, -0.2) is 9.97 Å². The van der Waals surface area contributed by atoms with Crippen LogP contribution in [0.15, 0.2) is 48.8 Å². The molecule has 1 N–H and O–H groups in total. The predicted octanol–water partition coefficient (Wildman–Crippen LogP) is 3.91. The Bertz CT molecular complexity index is 986. The number of benzene rings is 1. The normalized spacial score (nSPS) is 10.5. The van der Waals surface area contributed by atoms with Crippen molar-refractivity contribution < 1.29 is 4.92 Å². The average Bonchev–Trinajstić information content (AvgIpc) is 3.12. The molecular weight excluding hydrogens is 332 g/mol. The topological polar surface area (TPSA) is 110 Å². The molecule has 8 heteroatoms. The summed E-state index contributed by atoms with van der Waals surface area (Å²) in [7, 11) is 0. The van der Waals surface area contributed by atoms with Crippen LogP contribution in [0.4, 0.5) is 17.2 Å². The van der Waals surface area contributed by atoms with Crippen molar-refractivity contribution in [1.82, 2.24) is 14.5 Å². The zero-order valence-corrected chi connectivity index (χ0v) is 14.2. The highest BCUT2D eigenvalue weighted by Crippen LogP contribution is 2.28. The summed E-state index contributed by atoms with van der Waals surface area (Å²) in [5.74, 6) is 1.65. The summed E-state index contributed by atoms with van der Waals surface area (Å²) in [6.45, 7) is 4.03. The van der Waals surface area contributed by atoms with E-state index in [1.807, 2.05) is 19.9 Å². The first kappa shape index (κ1) is 17.1. The van der Waals surface area contributed by atoms with E-state index < -0.39 is 4.92 Å². The van der Waals surface area contributed by atoms with Gasteiger partial charge in [-0.15, -0.1) is 0 Å². The largest absolute Gasteiger partial charge is 0.334 e. The SMILES string of the molecule is CC(C)c1nccn1-c1ccc([N+](=O)[O-])c(Nc2ccc(C#N)cc2)n1. The van der Waals surface area contributed by atoms with Crippen molar-refractivity contribution in [2.75, 3.05) is 5.32 Å². The molecule has 130 valence electrons. The van der Waals surface area contributed by atoms with E-state index in [1.54, 1.807) is 47.3 Å². The standard InChI is InChI=1S/C18H16N6O2/c1-12(2)18-20-9-10-23(18)16-8-7-15(24(25)26)17(22-16)21-14-5-3-13(11-19)4-6-14/h3-10,12H,1-2H3,(H,21,22). The van der Waals surface area contributed by atoms with Gasteiger partial charge < -0.3 is 5.32 Å². The van der Waals surface area contributed by atoms with Crippen molar-refractivity contribution in [3.05, 3.63) is 70.3 Å². The van der Waals surface area contributed by atoms with Gasteiger partial charge in [-0.1, -0.05) is 13.8 Å². The third-order valence-corrected chi connectivity index (χ3v) is 3.77. The van der Waals surface area contributed by atoms with Crippen molar-refractivity contribution in [2.24, 2.45) is 0 Å². The molecule has 1 aromatic carbocycles. The molecule has 0 saturated carbocycles. The fraction of sp³-hybridized carbons (Fsp3) is 0.167. The summed E-state index contributed by atoms with van der Waals surface area (Å²) < 4.78 is 1.80. The maximum Gasteiger partial charge on any atom is 0.311 e. The molecule has 0 aliphatic carbocycles. The molecule has 2 heterocycles. The lowest BCUT2D eigenvalue weighted by Gasteiger charge is -2.12. The second kappa shape index (κ2) is 7.03. The van der Waals surface area contributed by atoms with Crippen molar-refractivity contribution in [1.29, 1.82) is 5.26 Å².